The van der Waals surface area contributed by atoms with Gasteiger partial charge in [0.2, 0.25) is 12.7 Å². The molecular weight excluding hydrogens is 370 g/mol. The predicted molar refractivity (Wildman–Crippen MR) is 107 cm³/mol. The molecular formula is C21H19N5O3. The lowest BCUT2D eigenvalue weighted by Crippen LogP contribution is -2.31. The number of hydrogen-bond donors (Lipinski definition) is 2. The smallest absolute Gasteiger partial charge is 0.255 e. The Kier molecular flexibility index (Phi) is 3.97. The van der Waals surface area contributed by atoms with Crippen molar-refractivity contribution in [2.45, 2.75) is 19.9 Å². The van der Waals surface area contributed by atoms with E-state index in [1.807, 2.05) is 56.3 Å². The zero-order valence-electron chi connectivity index (χ0n) is 16.0. The van der Waals surface area contributed by atoms with Gasteiger partial charge in [-0.25, -0.2) is 4.68 Å². The Morgan fingerprint density at radius 2 is 2.00 bits per heavy atom. The number of amides is 1. The summed E-state index contributed by atoms with van der Waals surface area (Å²) in [4.78, 5) is 17.6. The van der Waals surface area contributed by atoms with E-state index in [0.29, 0.717) is 23.0 Å². The minimum atomic E-state index is -0.452. The van der Waals surface area contributed by atoms with Crippen LogP contribution in [0.3, 0.4) is 0 Å². The molecule has 0 saturated heterocycles. The van der Waals surface area contributed by atoms with Crippen LogP contribution in [-0.2, 0) is 4.79 Å². The Morgan fingerprint density at radius 3 is 2.86 bits per heavy atom. The molecule has 8 nitrogen and oxygen atoms in total. The number of carbonyl (C=O) groups is 1. The van der Waals surface area contributed by atoms with Crippen molar-refractivity contribution in [2.75, 3.05) is 17.4 Å². The molecule has 2 aromatic carbocycles. The molecule has 2 N–H and O–H groups in total. The number of rotatable bonds is 3. The Bertz CT molecular complexity index is 1150. The zero-order chi connectivity index (χ0) is 20.0. The average Bonchev–Trinajstić information content (AvgIpc) is 3.36. The summed E-state index contributed by atoms with van der Waals surface area (Å²) in [7, 11) is 0. The summed E-state index contributed by atoms with van der Waals surface area (Å²) in [6.45, 7) is 4.01. The van der Waals surface area contributed by atoms with E-state index in [4.69, 9.17) is 9.47 Å². The molecule has 0 bridgehead atoms. The average molecular weight is 389 g/mol. The standard InChI is InChI=1S/C21H19N5O3/c1-12-5-3-4-6-15(12)25-20(27)18-13(2)24-21-22-10-23-26(21)19(18)14-7-8-16-17(9-14)29-11-28-16/h3-10,19H,11H2,1-2H3,(H,25,27)(H,22,23,24)/t19-/m1/s1. The zero-order valence-corrected chi connectivity index (χ0v) is 16.0. The monoisotopic (exact) mass is 389 g/mol. The van der Waals surface area contributed by atoms with Gasteiger partial charge in [0.25, 0.3) is 5.91 Å². The van der Waals surface area contributed by atoms with Crippen molar-refractivity contribution >= 4 is 17.5 Å². The van der Waals surface area contributed by atoms with Crippen LogP contribution in [0.4, 0.5) is 11.6 Å². The number of hydrogen-bond acceptors (Lipinski definition) is 6. The van der Waals surface area contributed by atoms with E-state index in [0.717, 1.165) is 22.5 Å². The molecule has 2 aliphatic heterocycles. The molecule has 0 unspecified atom stereocenters. The van der Waals surface area contributed by atoms with E-state index in [9.17, 15) is 4.79 Å². The maximum Gasteiger partial charge on any atom is 0.255 e. The minimum Gasteiger partial charge on any atom is -0.454 e. The van der Waals surface area contributed by atoms with Gasteiger partial charge in [-0.2, -0.15) is 10.1 Å². The van der Waals surface area contributed by atoms with E-state index in [1.165, 1.54) is 6.33 Å². The van der Waals surface area contributed by atoms with Gasteiger partial charge in [0.05, 0.1) is 5.57 Å². The van der Waals surface area contributed by atoms with Gasteiger partial charge in [-0.1, -0.05) is 24.3 Å². The predicted octanol–water partition coefficient (Wildman–Crippen LogP) is 3.24. The van der Waals surface area contributed by atoms with E-state index < -0.39 is 6.04 Å². The first kappa shape index (κ1) is 17.3. The molecule has 146 valence electrons. The molecule has 0 fully saturated rings. The van der Waals surface area contributed by atoms with E-state index in [-0.39, 0.29) is 12.7 Å². The highest BCUT2D eigenvalue weighted by Crippen LogP contribution is 2.40. The second-order valence-corrected chi connectivity index (χ2v) is 6.98. The van der Waals surface area contributed by atoms with Gasteiger partial charge in [0.1, 0.15) is 12.4 Å². The molecule has 1 atom stereocenters. The maximum atomic E-state index is 13.4. The summed E-state index contributed by atoms with van der Waals surface area (Å²) in [6, 6.07) is 12.9. The SMILES string of the molecule is CC1=C(C(=O)Nc2ccccc2C)[C@@H](c2ccc3c(c2)OCO3)n2ncnc2N1. The Hall–Kier alpha value is -3.81. The van der Waals surface area contributed by atoms with Crippen molar-refractivity contribution in [1.82, 2.24) is 14.8 Å². The summed E-state index contributed by atoms with van der Waals surface area (Å²) in [5.41, 5.74) is 3.90. The van der Waals surface area contributed by atoms with E-state index in [2.05, 4.69) is 20.7 Å². The first-order chi connectivity index (χ1) is 14.1. The number of anilines is 2. The first-order valence-corrected chi connectivity index (χ1v) is 9.25. The number of aryl methyl sites for hydroxylation is 1. The van der Waals surface area contributed by atoms with Crippen LogP contribution in [0.1, 0.15) is 24.1 Å². The summed E-state index contributed by atoms with van der Waals surface area (Å²) in [5.74, 6) is 1.72. The van der Waals surface area contributed by atoms with Gasteiger partial charge in [0, 0.05) is 11.4 Å². The minimum absolute atomic E-state index is 0.190. The second kappa shape index (κ2) is 6.66. The normalized spacial score (nSPS) is 17.0. The molecule has 5 rings (SSSR count). The molecule has 0 radical (unpaired) electrons. The van der Waals surface area contributed by atoms with Gasteiger partial charge in [-0.3, -0.25) is 4.79 Å². The van der Waals surface area contributed by atoms with Crippen molar-refractivity contribution in [3.63, 3.8) is 0 Å². The van der Waals surface area contributed by atoms with Crippen molar-refractivity contribution in [1.29, 1.82) is 0 Å². The molecule has 0 aliphatic carbocycles. The number of ether oxygens (including phenoxy) is 2. The van der Waals surface area contributed by atoms with Gasteiger partial charge in [0.15, 0.2) is 11.5 Å². The number of nitrogens with zero attached hydrogens (tertiary/aromatic N) is 3. The van der Waals surface area contributed by atoms with Crippen LogP contribution in [-0.4, -0.2) is 27.5 Å². The molecule has 0 spiro atoms. The fourth-order valence-corrected chi connectivity index (χ4v) is 3.68. The van der Waals surface area contributed by atoms with Gasteiger partial charge >= 0.3 is 0 Å². The third kappa shape index (κ3) is 2.89. The summed E-state index contributed by atoms with van der Waals surface area (Å²) in [5, 5.41) is 10.6. The molecule has 1 amide bonds. The van der Waals surface area contributed by atoms with Crippen LogP contribution in [0, 0.1) is 6.92 Å². The van der Waals surface area contributed by atoms with E-state index >= 15 is 0 Å². The molecule has 2 aliphatic rings. The molecule has 29 heavy (non-hydrogen) atoms. The maximum absolute atomic E-state index is 13.4. The van der Waals surface area contributed by atoms with Crippen LogP contribution >= 0.6 is 0 Å². The van der Waals surface area contributed by atoms with Crippen LogP contribution in [0.25, 0.3) is 0 Å². The van der Waals surface area contributed by atoms with Crippen molar-refractivity contribution < 1.29 is 14.3 Å². The number of aromatic nitrogens is 3. The van der Waals surface area contributed by atoms with Gasteiger partial charge < -0.3 is 20.1 Å². The number of nitrogens with one attached hydrogen (secondary N) is 2. The molecule has 3 aromatic rings. The van der Waals surface area contributed by atoms with Crippen LogP contribution in [0.15, 0.2) is 60.1 Å². The Labute approximate surface area is 167 Å². The third-order valence-electron chi connectivity index (χ3n) is 5.14. The van der Waals surface area contributed by atoms with Crippen LogP contribution < -0.4 is 20.1 Å². The fourth-order valence-electron chi connectivity index (χ4n) is 3.68. The highest BCUT2D eigenvalue weighted by Gasteiger charge is 2.34. The summed E-state index contributed by atoms with van der Waals surface area (Å²) >= 11 is 0. The van der Waals surface area contributed by atoms with Gasteiger partial charge in [-0.15, -0.1) is 0 Å². The quantitative estimate of drug-likeness (QED) is 0.715. The topological polar surface area (TPSA) is 90.3 Å². The summed E-state index contributed by atoms with van der Waals surface area (Å²) in [6.07, 6.45) is 1.47. The third-order valence-corrected chi connectivity index (χ3v) is 5.14. The van der Waals surface area contributed by atoms with E-state index in [1.54, 1.807) is 4.68 Å². The lowest BCUT2D eigenvalue weighted by molar-refractivity contribution is -0.113. The lowest BCUT2D eigenvalue weighted by atomic mass is 9.94. The number of allylic oxidation sites excluding steroid dienone is 1. The fraction of sp³-hybridized carbons (Fsp3) is 0.190. The highest BCUT2D eigenvalue weighted by molar-refractivity contribution is 6.06. The first-order valence-electron chi connectivity index (χ1n) is 9.25. The second-order valence-electron chi connectivity index (χ2n) is 6.98. The number of carbonyl (C=O) groups excluding carboxylic acids is 1. The Morgan fingerprint density at radius 1 is 1.17 bits per heavy atom. The number of benzene rings is 2. The number of para-hydroxylation sites is 1. The van der Waals surface area contributed by atoms with Crippen molar-refractivity contribution in [3.8, 4) is 11.5 Å². The molecule has 8 heteroatoms. The molecule has 1 aromatic heterocycles. The number of fused-ring (bicyclic) bond motifs is 2. The Balaban J connectivity index is 1.58. The largest absolute Gasteiger partial charge is 0.454 e. The molecule has 0 saturated carbocycles. The molecule has 3 heterocycles. The van der Waals surface area contributed by atoms with Crippen LogP contribution in [0.5, 0.6) is 11.5 Å². The summed E-state index contributed by atoms with van der Waals surface area (Å²) < 4.78 is 12.7. The van der Waals surface area contributed by atoms with Crippen molar-refractivity contribution in [3.05, 3.63) is 71.2 Å². The van der Waals surface area contributed by atoms with Crippen molar-refractivity contribution in [2.24, 2.45) is 0 Å². The van der Waals surface area contributed by atoms with Crippen LogP contribution in [0.2, 0.25) is 0 Å². The van der Waals surface area contributed by atoms with Gasteiger partial charge in [-0.05, 0) is 43.2 Å². The lowest BCUT2D eigenvalue weighted by Gasteiger charge is -2.29. The highest BCUT2D eigenvalue weighted by atomic mass is 16.7.